The zero-order chi connectivity index (χ0) is 23.5. The summed E-state index contributed by atoms with van der Waals surface area (Å²) in [5.74, 6) is -0.859. The molecule has 0 bridgehead atoms. The molecule has 1 aliphatic heterocycles. The van der Waals surface area contributed by atoms with Crippen LogP contribution in [0.4, 0.5) is 5.69 Å². The van der Waals surface area contributed by atoms with Crippen LogP contribution in [0, 0.1) is 6.92 Å². The molecule has 168 valence electrons. The van der Waals surface area contributed by atoms with Gasteiger partial charge in [0.15, 0.2) is 0 Å². The highest BCUT2D eigenvalue weighted by Crippen LogP contribution is 2.42. The van der Waals surface area contributed by atoms with E-state index in [2.05, 4.69) is 6.92 Å². The topological polar surface area (TPSA) is 66.8 Å². The second kappa shape index (κ2) is 9.33. The number of nitrogens with zero attached hydrogens (tertiary/aromatic N) is 1. The summed E-state index contributed by atoms with van der Waals surface area (Å²) in [6.07, 6.45) is 0.868. The quantitative estimate of drug-likeness (QED) is 0.308. The maximum Gasteiger partial charge on any atom is 0.300 e. The van der Waals surface area contributed by atoms with Gasteiger partial charge < -0.3 is 9.84 Å². The molecule has 1 unspecified atom stereocenters. The van der Waals surface area contributed by atoms with Crippen molar-refractivity contribution in [2.45, 2.75) is 33.2 Å². The summed E-state index contributed by atoms with van der Waals surface area (Å²) in [6.45, 7) is 6.44. The highest BCUT2D eigenvalue weighted by Gasteiger charge is 2.47. The van der Waals surface area contributed by atoms with E-state index >= 15 is 0 Å². The third-order valence-corrected chi connectivity index (χ3v) is 5.86. The van der Waals surface area contributed by atoms with Crippen LogP contribution in [0.3, 0.4) is 0 Å². The van der Waals surface area contributed by atoms with Crippen LogP contribution in [0.25, 0.3) is 5.76 Å². The molecule has 1 heterocycles. The first-order chi connectivity index (χ1) is 15.9. The fraction of sp³-hybridized carbons (Fsp3) is 0.214. The van der Waals surface area contributed by atoms with Crippen molar-refractivity contribution in [1.29, 1.82) is 0 Å². The number of amides is 1. The monoisotopic (exact) mass is 441 g/mol. The van der Waals surface area contributed by atoms with Crippen LogP contribution in [-0.2, 0) is 16.0 Å². The lowest BCUT2D eigenvalue weighted by Crippen LogP contribution is -2.29. The van der Waals surface area contributed by atoms with Crippen LogP contribution in [0.2, 0.25) is 0 Å². The van der Waals surface area contributed by atoms with E-state index in [0.717, 1.165) is 23.1 Å². The Kier molecular flexibility index (Phi) is 6.31. The van der Waals surface area contributed by atoms with E-state index in [-0.39, 0.29) is 11.3 Å². The lowest BCUT2D eigenvalue weighted by atomic mass is 9.94. The van der Waals surface area contributed by atoms with Crippen molar-refractivity contribution < 1.29 is 19.4 Å². The second-order valence-corrected chi connectivity index (χ2v) is 8.06. The van der Waals surface area contributed by atoms with Crippen LogP contribution in [-0.4, -0.2) is 23.4 Å². The number of rotatable bonds is 6. The standard InChI is InChI=1S/C28H27NO4/c1-4-19-9-11-20(12-10-19)26(30)24-25(21-8-6-7-18(3)17-21)29(28(32)27(24)31)22-13-15-23(16-14-22)33-5-2/h6-17,25,30H,4-5H2,1-3H3/b26-24-. The Morgan fingerprint density at radius 1 is 0.970 bits per heavy atom. The van der Waals surface area contributed by atoms with Crippen LogP contribution in [0.1, 0.15) is 42.1 Å². The fourth-order valence-corrected chi connectivity index (χ4v) is 4.18. The van der Waals surface area contributed by atoms with Gasteiger partial charge in [-0.15, -0.1) is 0 Å². The predicted molar refractivity (Wildman–Crippen MR) is 129 cm³/mol. The molecule has 33 heavy (non-hydrogen) atoms. The van der Waals surface area contributed by atoms with Gasteiger partial charge in [0, 0.05) is 11.3 Å². The average molecular weight is 442 g/mol. The highest BCUT2D eigenvalue weighted by molar-refractivity contribution is 6.51. The molecule has 0 aliphatic carbocycles. The van der Waals surface area contributed by atoms with Gasteiger partial charge in [0.05, 0.1) is 18.2 Å². The van der Waals surface area contributed by atoms with Gasteiger partial charge >= 0.3 is 0 Å². The van der Waals surface area contributed by atoms with Crippen molar-refractivity contribution in [2.24, 2.45) is 0 Å². The Morgan fingerprint density at radius 2 is 1.67 bits per heavy atom. The Morgan fingerprint density at radius 3 is 2.27 bits per heavy atom. The van der Waals surface area contributed by atoms with Gasteiger partial charge in [0.2, 0.25) is 0 Å². The van der Waals surface area contributed by atoms with Gasteiger partial charge in [-0.25, -0.2) is 0 Å². The summed E-state index contributed by atoms with van der Waals surface area (Å²) in [7, 11) is 0. The summed E-state index contributed by atoms with van der Waals surface area (Å²) >= 11 is 0. The van der Waals surface area contributed by atoms with Crippen LogP contribution < -0.4 is 9.64 Å². The molecule has 1 amide bonds. The molecule has 0 radical (unpaired) electrons. The number of hydrogen-bond acceptors (Lipinski definition) is 4. The molecule has 3 aromatic rings. The third-order valence-electron chi connectivity index (χ3n) is 5.86. The second-order valence-electron chi connectivity index (χ2n) is 8.06. The number of aliphatic hydroxyl groups excluding tert-OH is 1. The molecule has 4 rings (SSSR count). The van der Waals surface area contributed by atoms with E-state index in [1.54, 1.807) is 36.4 Å². The summed E-state index contributed by atoms with van der Waals surface area (Å²) in [6, 6.07) is 21.4. The van der Waals surface area contributed by atoms with Crippen molar-refractivity contribution in [3.63, 3.8) is 0 Å². The Bertz CT molecular complexity index is 1210. The van der Waals surface area contributed by atoms with Gasteiger partial charge in [-0.05, 0) is 55.7 Å². The largest absolute Gasteiger partial charge is 0.507 e. The van der Waals surface area contributed by atoms with E-state index in [9.17, 15) is 14.7 Å². The summed E-state index contributed by atoms with van der Waals surface area (Å²) in [5, 5.41) is 11.2. The number of aryl methyl sites for hydroxylation is 2. The average Bonchev–Trinajstić information content (AvgIpc) is 3.10. The molecule has 1 N–H and O–H groups in total. The van der Waals surface area contributed by atoms with Crippen LogP contribution in [0.15, 0.2) is 78.4 Å². The number of ether oxygens (including phenoxy) is 1. The van der Waals surface area contributed by atoms with Crippen molar-refractivity contribution >= 4 is 23.1 Å². The number of aliphatic hydroxyl groups is 1. The number of hydrogen-bond donors (Lipinski definition) is 1. The van der Waals surface area contributed by atoms with E-state index in [4.69, 9.17) is 4.74 Å². The molecule has 0 aromatic heterocycles. The summed E-state index contributed by atoms with van der Waals surface area (Å²) < 4.78 is 5.51. The Labute approximate surface area is 193 Å². The summed E-state index contributed by atoms with van der Waals surface area (Å²) in [4.78, 5) is 27.9. The molecule has 5 heteroatoms. The van der Waals surface area contributed by atoms with E-state index < -0.39 is 17.7 Å². The van der Waals surface area contributed by atoms with Crippen molar-refractivity contribution in [1.82, 2.24) is 0 Å². The van der Waals surface area contributed by atoms with Crippen molar-refractivity contribution in [3.05, 3.63) is 101 Å². The predicted octanol–water partition coefficient (Wildman–Crippen LogP) is 5.58. The Hall–Kier alpha value is -3.86. The van der Waals surface area contributed by atoms with Crippen molar-refractivity contribution in [2.75, 3.05) is 11.5 Å². The van der Waals surface area contributed by atoms with Gasteiger partial charge in [-0.1, -0.05) is 61.0 Å². The summed E-state index contributed by atoms with van der Waals surface area (Å²) in [5.41, 5.74) is 4.04. The number of Topliss-reactive ketones (excluding diaryl/α,β-unsaturated/α-hetero) is 1. The molecular formula is C28H27NO4. The minimum Gasteiger partial charge on any atom is -0.507 e. The maximum atomic E-state index is 13.2. The Balaban J connectivity index is 1.88. The lowest BCUT2D eigenvalue weighted by molar-refractivity contribution is -0.132. The fourth-order valence-electron chi connectivity index (χ4n) is 4.18. The molecular weight excluding hydrogens is 414 g/mol. The third kappa shape index (κ3) is 4.27. The van der Waals surface area contributed by atoms with E-state index in [1.807, 2.05) is 50.2 Å². The zero-order valence-corrected chi connectivity index (χ0v) is 19.0. The minimum atomic E-state index is -0.742. The number of carbonyl (C=O) groups is 2. The number of ketones is 1. The van der Waals surface area contributed by atoms with Crippen molar-refractivity contribution in [3.8, 4) is 5.75 Å². The zero-order valence-electron chi connectivity index (χ0n) is 19.0. The SMILES string of the molecule is CCOc1ccc(N2C(=O)C(=O)/C(=C(\O)c3ccc(CC)cc3)C2c2cccc(C)c2)cc1. The number of carbonyl (C=O) groups excluding carboxylic acids is 2. The van der Waals surface area contributed by atoms with Crippen LogP contribution >= 0.6 is 0 Å². The highest BCUT2D eigenvalue weighted by atomic mass is 16.5. The smallest absolute Gasteiger partial charge is 0.300 e. The molecule has 3 aromatic carbocycles. The molecule has 1 atom stereocenters. The van der Waals surface area contributed by atoms with Gasteiger partial charge in [-0.3, -0.25) is 14.5 Å². The molecule has 0 spiro atoms. The molecule has 1 saturated heterocycles. The molecule has 0 saturated carbocycles. The number of anilines is 1. The van der Waals surface area contributed by atoms with Gasteiger partial charge in [0.25, 0.3) is 11.7 Å². The molecule has 5 nitrogen and oxygen atoms in total. The van der Waals surface area contributed by atoms with Gasteiger partial charge in [-0.2, -0.15) is 0 Å². The van der Waals surface area contributed by atoms with Gasteiger partial charge in [0.1, 0.15) is 11.5 Å². The molecule has 1 fully saturated rings. The minimum absolute atomic E-state index is 0.0868. The van der Waals surface area contributed by atoms with E-state index in [0.29, 0.717) is 23.6 Å². The normalized spacial score (nSPS) is 17.4. The number of benzene rings is 3. The van der Waals surface area contributed by atoms with Crippen LogP contribution in [0.5, 0.6) is 5.75 Å². The maximum absolute atomic E-state index is 13.2. The first-order valence-corrected chi connectivity index (χ1v) is 11.1. The first-order valence-electron chi connectivity index (χ1n) is 11.1. The molecule has 1 aliphatic rings. The van der Waals surface area contributed by atoms with E-state index in [1.165, 1.54) is 4.90 Å². The first kappa shape index (κ1) is 22.3. The lowest BCUT2D eigenvalue weighted by Gasteiger charge is -2.26.